The third kappa shape index (κ3) is 3.11. The van der Waals surface area contributed by atoms with Crippen LogP contribution in [0.2, 0.25) is 0 Å². The van der Waals surface area contributed by atoms with Crippen molar-refractivity contribution in [2.75, 3.05) is 26.2 Å². The van der Waals surface area contributed by atoms with E-state index in [2.05, 4.69) is 33.0 Å². The van der Waals surface area contributed by atoms with Gasteiger partial charge in [0.15, 0.2) is 0 Å². The first-order valence-electron chi connectivity index (χ1n) is 7.56. The Morgan fingerprint density at radius 3 is 2.53 bits per heavy atom. The average molecular weight is 268 g/mol. The summed E-state index contributed by atoms with van der Waals surface area (Å²) in [5.74, 6) is 0.347. The fourth-order valence-corrected chi connectivity index (χ4v) is 3.57. The maximum Gasteiger partial charge on any atom is 0.229 e. The first-order chi connectivity index (χ1) is 8.88. The Bertz CT molecular complexity index is 335. The summed E-state index contributed by atoms with van der Waals surface area (Å²) in [6, 6.07) is 0. The van der Waals surface area contributed by atoms with Crippen LogP contribution in [0, 0.1) is 5.41 Å². The Kier molecular flexibility index (Phi) is 4.21. The summed E-state index contributed by atoms with van der Waals surface area (Å²) in [6.07, 6.45) is 3.01. The van der Waals surface area contributed by atoms with Crippen LogP contribution in [0.25, 0.3) is 0 Å². The van der Waals surface area contributed by atoms with Gasteiger partial charge >= 0.3 is 0 Å². The molecule has 1 atom stereocenters. The lowest BCUT2D eigenvalue weighted by Gasteiger charge is -2.46. The number of hydrogen-bond donors (Lipinski definition) is 1. The molecule has 0 saturated carbocycles. The number of rotatable bonds is 2. The van der Waals surface area contributed by atoms with Crippen molar-refractivity contribution in [3.8, 4) is 0 Å². The van der Waals surface area contributed by atoms with Gasteiger partial charge in [0.1, 0.15) is 0 Å². The maximum atomic E-state index is 13.0. The van der Waals surface area contributed by atoms with Crippen LogP contribution < -0.4 is 5.32 Å². The monoisotopic (exact) mass is 268 g/mol. The Morgan fingerprint density at radius 2 is 2.00 bits per heavy atom. The Balaban J connectivity index is 2.13. The number of amides is 1. The molecule has 2 aliphatic rings. The predicted molar refractivity (Wildman–Crippen MR) is 76.0 cm³/mol. The minimum Gasteiger partial charge on any atom is -0.369 e. The van der Waals surface area contributed by atoms with E-state index in [1.807, 2.05) is 4.90 Å². The second-order valence-electron chi connectivity index (χ2n) is 6.76. The highest BCUT2D eigenvalue weighted by Gasteiger charge is 2.43. The van der Waals surface area contributed by atoms with Crippen molar-refractivity contribution in [2.24, 2.45) is 5.41 Å². The summed E-state index contributed by atoms with van der Waals surface area (Å²) in [5, 5.41) is 3.36. The largest absolute Gasteiger partial charge is 0.369 e. The summed E-state index contributed by atoms with van der Waals surface area (Å²) >= 11 is 0. The normalized spacial score (nSPS) is 30.1. The number of carbonyl (C=O) groups is 1. The van der Waals surface area contributed by atoms with E-state index in [-0.39, 0.29) is 17.1 Å². The van der Waals surface area contributed by atoms with E-state index in [4.69, 9.17) is 4.74 Å². The van der Waals surface area contributed by atoms with Crippen molar-refractivity contribution in [3.63, 3.8) is 0 Å². The molecule has 4 heteroatoms. The molecule has 0 aliphatic carbocycles. The van der Waals surface area contributed by atoms with Crippen LogP contribution in [-0.2, 0) is 9.53 Å². The number of piperidine rings is 1. The molecule has 2 heterocycles. The topological polar surface area (TPSA) is 41.6 Å². The minimum absolute atomic E-state index is 0.128. The van der Waals surface area contributed by atoms with Crippen LogP contribution in [0.5, 0.6) is 0 Å². The van der Waals surface area contributed by atoms with Crippen LogP contribution in [0.4, 0.5) is 0 Å². The van der Waals surface area contributed by atoms with Gasteiger partial charge in [0.25, 0.3) is 0 Å². The number of nitrogens with zero attached hydrogens (tertiary/aromatic N) is 1. The maximum absolute atomic E-state index is 13.0. The van der Waals surface area contributed by atoms with Gasteiger partial charge in [-0.2, -0.15) is 0 Å². The summed E-state index contributed by atoms with van der Waals surface area (Å²) in [5.41, 5.74) is -0.367. The molecule has 2 aliphatic heterocycles. The Hall–Kier alpha value is -0.610. The molecule has 19 heavy (non-hydrogen) atoms. The molecule has 0 radical (unpaired) electrons. The molecule has 0 aromatic heterocycles. The molecule has 0 spiro atoms. The molecule has 0 aromatic rings. The first kappa shape index (κ1) is 14.8. The smallest absolute Gasteiger partial charge is 0.229 e. The highest BCUT2D eigenvalue weighted by atomic mass is 16.5. The van der Waals surface area contributed by atoms with Crippen LogP contribution in [0.15, 0.2) is 0 Å². The van der Waals surface area contributed by atoms with Crippen LogP contribution >= 0.6 is 0 Å². The molecule has 1 unspecified atom stereocenters. The number of hydrogen-bond acceptors (Lipinski definition) is 3. The molecule has 4 nitrogen and oxygen atoms in total. The second-order valence-corrected chi connectivity index (χ2v) is 6.76. The van der Waals surface area contributed by atoms with Gasteiger partial charge in [-0.1, -0.05) is 6.92 Å². The van der Waals surface area contributed by atoms with E-state index >= 15 is 0 Å². The van der Waals surface area contributed by atoms with Gasteiger partial charge in [-0.25, -0.2) is 0 Å². The standard InChI is InChI=1S/C15H28N2O2/c1-5-15(6-8-16-9-7-15)13(18)17-10-12(2)19-14(3,4)11-17/h12,16H,5-11H2,1-4H3. The lowest BCUT2D eigenvalue weighted by molar-refractivity contribution is -0.168. The predicted octanol–water partition coefficient (Wildman–Crippen LogP) is 1.79. The van der Waals surface area contributed by atoms with Crippen molar-refractivity contribution in [3.05, 3.63) is 0 Å². The first-order valence-corrected chi connectivity index (χ1v) is 7.56. The summed E-state index contributed by atoms with van der Waals surface area (Å²) in [7, 11) is 0. The van der Waals surface area contributed by atoms with Crippen molar-refractivity contribution in [1.29, 1.82) is 0 Å². The Labute approximate surface area is 116 Å². The zero-order chi connectivity index (χ0) is 14.1. The van der Waals surface area contributed by atoms with Crippen LogP contribution in [-0.4, -0.2) is 48.7 Å². The number of nitrogens with one attached hydrogen (secondary N) is 1. The fraction of sp³-hybridized carbons (Fsp3) is 0.933. The van der Waals surface area contributed by atoms with E-state index in [1.54, 1.807) is 0 Å². The van der Waals surface area contributed by atoms with Gasteiger partial charge < -0.3 is 15.0 Å². The molecule has 1 N–H and O–H groups in total. The second kappa shape index (κ2) is 5.41. The summed E-state index contributed by atoms with van der Waals surface area (Å²) < 4.78 is 5.90. The highest BCUT2D eigenvalue weighted by molar-refractivity contribution is 5.83. The quantitative estimate of drug-likeness (QED) is 0.830. The molecule has 0 aromatic carbocycles. The molecule has 1 amide bonds. The van der Waals surface area contributed by atoms with Crippen molar-refractivity contribution >= 4 is 5.91 Å². The van der Waals surface area contributed by atoms with E-state index in [9.17, 15) is 4.79 Å². The molecule has 110 valence electrons. The molecule has 0 bridgehead atoms. The van der Waals surface area contributed by atoms with E-state index in [0.717, 1.165) is 38.9 Å². The lowest BCUT2D eigenvalue weighted by Crippen LogP contribution is -2.58. The van der Waals surface area contributed by atoms with Gasteiger partial charge in [-0.15, -0.1) is 0 Å². The minimum atomic E-state index is -0.227. The zero-order valence-electron chi connectivity index (χ0n) is 12.8. The van der Waals surface area contributed by atoms with Gasteiger partial charge in [0.2, 0.25) is 5.91 Å². The Morgan fingerprint density at radius 1 is 1.37 bits per heavy atom. The number of carbonyl (C=O) groups excluding carboxylic acids is 1. The van der Waals surface area contributed by atoms with Crippen LogP contribution in [0.1, 0.15) is 47.0 Å². The lowest BCUT2D eigenvalue weighted by atomic mass is 9.75. The molecule has 2 rings (SSSR count). The van der Waals surface area contributed by atoms with E-state index in [0.29, 0.717) is 12.5 Å². The third-order valence-electron chi connectivity index (χ3n) is 4.55. The van der Waals surface area contributed by atoms with Crippen molar-refractivity contribution in [2.45, 2.75) is 58.7 Å². The van der Waals surface area contributed by atoms with Crippen molar-refractivity contribution in [1.82, 2.24) is 10.2 Å². The van der Waals surface area contributed by atoms with Gasteiger partial charge in [-0.05, 0) is 53.1 Å². The van der Waals surface area contributed by atoms with Crippen LogP contribution in [0.3, 0.4) is 0 Å². The fourth-order valence-electron chi connectivity index (χ4n) is 3.57. The average Bonchev–Trinajstić information content (AvgIpc) is 2.36. The molecule has 2 saturated heterocycles. The molecular formula is C15H28N2O2. The molecule has 2 fully saturated rings. The molecular weight excluding hydrogens is 240 g/mol. The SMILES string of the molecule is CCC1(C(=O)N2CC(C)OC(C)(C)C2)CCNCC1. The number of ether oxygens (including phenoxy) is 1. The van der Waals surface area contributed by atoms with E-state index in [1.165, 1.54) is 0 Å². The van der Waals surface area contributed by atoms with Crippen molar-refractivity contribution < 1.29 is 9.53 Å². The van der Waals surface area contributed by atoms with Gasteiger partial charge in [0.05, 0.1) is 17.1 Å². The van der Waals surface area contributed by atoms with Gasteiger partial charge in [0, 0.05) is 13.1 Å². The summed E-state index contributed by atoms with van der Waals surface area (Å²) in [6.45, 7) is 11.7. The van der Waals surface area contributed by atoms with Gasteiger partial charge in [-0.3, -0.25) is 4.79 Å². The number of morpholine rings is 1. The highest BCUT2D eigenvalue weighted by Crippen LogP contribution is 2.36. The van der Waals surface area contributed by atoms with E-state index < -0.39 is 0 Å². The zero-order valence-corrected chi connectivity index (χ0v) is 12.8. The third-order valence-corrected chi connectivity index (χ3v) is 4.55. The summed E-state index contributed by atoms with van der Waals surface area (Å²) in [4.78, 5) is 15.0.